The van der Waals surface area contributed by atoms with Crippen LogP contribution in [0.5, 0.6) is 0 Å². The van der Waals surface area contributed by atoms with Crippen LogP contribution < -0.4 is 10.6 Å². The van der Waals surface area contributed by atoms with Crippen LogP contribution in [0.2, 0.25) is 0 Å². The summed E-state index contributed by atoms with van der Waals surface area (Å²) >= 11 is 0. The Morgan fingerprint density at radius 1 is 0.906 bits per heavy atom. The van der Waals surface area contributed by atoms with Crippen molar-refractivity contribution in [2.75, 3.05) is 39.4 Å². The first-order chi connectivity index (χ1) is 15.5. The van der Waals surface area contributed by atoms with Gasteiger partial charge in [-0.2, -0.15) is 0 Å². The van der Waals surface area contributed by atoms with Gasteiger partial charge in [-0.25, -0.2) is 8.78 Å². The zero-order valence-corrected chi connectivity index (χ0v) is 18.6. The molecular formula is C24H33F2N3O3. The second-order valence-electron chi connectivity index (χ2n) is 9.49. The smallest absolute Gasteiger partial charge is 0.309 e. The van der Waals surface area contributed by atoms with Crippen LogP contribution in [0.4, 0.5) is 8.78 Å². The Bertz CT molecular complexity index is 830. The number of carbonyl (C=O) groups excluding carboxylic acids is 2. The highest BCUT2D eigenvalue weighted by Gasteiger charge is 2.41. The Hall–Kier alpha value is -2.06. The summed E-state index contributed by atoms with van der Waals surface area (Å²) in [5.74, 6) is -3.15. The number of nitrogens with one attached hydrogen (secondary N) is 2. The van der Waals surface area contributed by atoms with Gasteiger partial charge in [0.2, 0.25) is 0 Å². The van der Waals surface area contributed by atoms with Crippen LogP contribution in [0.1, 0.15) is 56.9 Å². The molecular weight excluding hydrogens is 416 g/mol. The fraction of sp³-hybridized carbons (Fsp3) is 0.667. The van der Waals surface area contributed by atoms with E-state index in [9.17, 15) is 18.4 Å². The minimum Gasteiger partial charge on any atom is -0.381 e. The summed E-state index contributed by atoms with van der Waals surface area (Å²) in [6.07, 6.45) is 7.00. The lowest BCUT2D eigenvalue weighted by Crippen LogP contribution is -2.58. The predicted molar refractivity (Wildman–Crippen MR) is 116 cm³/mol. The molecule has 2 aliphatic heterocycles. The van der Waals surface area contributed by atoms with E-state index in [4.69, 9.17) is 4.74 Å². The van der Waals surface area contributed by atoms with Crippen molar-refractivity contribution in [2.45, 2.75) is 62.3 Å². The zero-order valence-electron chi connectivity index (χ0n) is 18.6. The molecule has 176 valence electrons. The van der Waals surface area contributed by atoms with Crippen molar-refractivity contribution in [1.82, 2.24) is 15.5 Å². The first-order valence-electron chi connectivity index (χ1n) is 11.8. The fourth-order valence-corrected chi connectivity index (χ4v) is 5.71. The molecule has 1 aliphatic carbocycles. The van der Waals surface area contributed by atoms with E-state index in [-0.39, 0.29) is 17.6 Å². The van der Waals surface area contributed by atoms with Gasteiger partial charge in [0.05, 0.1) is 0 Å². The number of likely N-dealkylation sites (tertiary alicyclic amines) is 1. The molecule has 0 spiro atoms. The number of ether oxygens (including phenoxy) is 1. The highest BCUT2D eigenvalue weighted by Crippen LogP contribution is 2.42. The van der Waals surface area contributed by atoms with Crippen molar-refractivity contribution >= 4 is 11.8 Å². The molecule has 2 amide bonds. The fourth-order valence-electron chi connectivity index (χ4n) is 5.71. The molecule has 0 aromatic heterocycles. The Labute approximate surface area is 188 Å². The normalized spacial score (nSPS) is 22.6. The number of hydrogen-bond acceptors (Lipinski definition) is 4. The standard InChI is InChI=1S/C24H33F2N3O3/c25-19-7-5-6-18(20(19)26)23(8-1-2-9-23)16-27-21(30)22(31)28-17-24(10-14-32-15-11-24)29-12-3-4-13-29/h5-7H,1-4,8-17H2,(H,27,30)(H,28,31). The molecule has 3 fully saturated rings. The van der Waals surface area contributed by atoms with Crippen molar-refractivity contribution in [3.63, 3.8) is 0 Å². The van der Waals surface area contributed by atoms with Crippen LogP contribution >= 0.6 is 0 Å². The van der Waals surface area contributed by atoms with E-state index in [2.05, 4.69) is 15.5 Å². The van der Waals surface area contributed by atoms with Gasteiger partial charge in [0, 0.05) is 37.3 Å². The lowest BCUT2D eigenvalue weighted by Gasteiger charge is -2.44. The number of rotatable bonds is 6. The van der Waals surface area contributed by atoms with E-state index in [1.807, 2.05) is 0 Å². The number of halogens is 2. The lowest BCUT2D eigenvalue weighted by molar-refractivity contribution is -0.140. The van der Waals surface area contributed by atoms with Gasteiger partial charge in [-0.05, 0) is 63.2 Å². The Balaban J connectivity index is 1.37. The molecule has 1 aromatic carbocycles. The second kappa shape index (κ2) is 9.83. The summed E-state index contributed by atoms with van der Waals surface area (Å²) in [6.45, 7) is 3.84. The van der Waals surface area contributed by atoms with Gasteiger partial charge >= 0.3 is 11.8 Å². The Morgan fingerprint density at radius 3 is 2.19 bits per heavy atom. The van der Waals surface area contributed by atoms with Crippen LogP contribution in [0.15, 0.2) is 18.2 Å². The molecule has 0 radical (unpaired) electrons. The Kier molecular flexibility index (Phi) is 7.10. The molecule has 6 nitrogen and oxygen atoms in total. The predicted octanol–water partition coefficient (Wildman–Crippen LogP) is 2.65. The van der Waals surface area contributed by atoms with Gasteiger partial charge < -0.3 is 15.4 Å². The summed E-state index contributed by atoms with van der Waals surface area (Å²) in [4.78, 5) is 27.6. The first kappa shape index (κ1) is 23.1. The molecule has 1 aromatic rings. The maximum atomic E-state index is 14.5. The van der Waals surface area contributed by atoms with Gasteiger partial charge in [0.1, 0.15) is 0 Å². The number of amides is 2. The Morgan fingerprint density at radius 2 is 1.53 bits per heavy atom. The van der Waals surface area contributed by atoms with Crippen molar-refractivity contribution in [2.24, 2.45) is 0 Å². The van der Waals surface area contributed by atoms with Crippen LogP contribution in [0, 0.1) is 11.6 Å². The van der Waals surface area contributed by atoms with Gasteiger partial charge in [0.25, 0.3) is 0 Å². The topological polar surface area (TPSA) is 70.7 Å². The van der Waals surface area contributed by atoms with Crippen molar-refractivity contribution in [3.8, 4) is 0 Å². The molecule has 32 heavy (non-hydrogen) atoms. The third-order valence-corrected chi connectivity index (χ3v) is 7.66. The largest absolute Gasteiger partial charge is 0.381 e. The van der Waals surface area contributed by atoms with Crippen molar-refractivity contribution < 1.29 is 23.1 Å². The van der Waals surface area contributed by atoms with Crippen LogP contribution in [0.25, 0.3) is 0 Å². The van der Waals surface area contributed by atoms with Crippen molar-refractivity contribution in [3.05, 3.63) is 35.4 Å². The third kappa shape index (κ3) is 4.66. The van der Waals surface area contributed by atoms with Gasteiger partial charge in [-0.3, -0.25) is 14.5 Å². The molecule has 4 rings (SSSR count). The molecule has 2 N–H and O–H groups in total. The summed E-state index contributed by atoms with van der Waals surface area (Å²) in [5.41, 5.74) is -0.562. The number of nitrogens with zero attached hydrogens (tertiary/aromatic N) is 1. The molecule has 0 atom stereocenters. The molecule has 8 heteroatoms. The highest BCUT2D eigenvalue weighted by molar-refractivity contribution is 6.35. The summed E-state index contributed by atoms with van der Waals surface area (Å²) in [6, 6.07) is 4.18. The molecule has 2 saturated heterocycles. The van der Waals surface area contributed by atoms with E-state index in [0.29, 0.717) is 32.6 Å². The minimum absolute atomic E-state index is 0.116. The minimum atomic E-state index is -0.887. The molecule has 3 aliphatic rings. The monoisotopic (exact) mass is 449 g/mol. The molecule has 2 heterocycles. The lowest BCUT2D eigenvalue weighted by atomic mass is 9.78. The van der Waals surface area contributed by atoms with Gasteiger partial charge in [-0.1, -0.05) is 25.0 Å². The van der Waals surface area contributed by atoms with E-state index < -0.39 is 28.9 Å². The maximum absolute atomic E-state index is 14.5. The molecule has 0 bridgehead atoms. The number of carbonyl (C=O) groups is 2. The number of hydrogen-bond donors (Lipinski definition) is 2. The van der Waals surface area contributed by atoms with Gasteiger partial charge in [0.15, 0.2) is 11.6 Å². The second-order valence-corrected chi connectivity index (χ2v) is 9.49. The average Bonchev–Trinajstić information content (AvgIpc) is 3.52. The maximum Gasteiger partial charge on any atom is 0.309 e. The molecule has 1 saturated carbocycles. The highest BCUT2D eigenvalue weighted by atomic mass is 19.2. The van der Waals surface area contributed by atoms with E-state index in [1.165, 1.54) is 6.07 Å². The number of benzene rings is 1. The summed E-state index contributed by atoms with van der Waals surface area (Å²) < 4.78 is 33.9. The van der Waals surface area contributed by atoms with E-state index in [0.717, 1.165) is 57.7 Å². The average molecular weight is 450 g/mol. The SMILES string of the molecule is O=C(NCC1(c2cccc(F)c2F)CCCC1)C(=O)NCC1(N2CCCC2)CCOCC1. The summed E-state index contributed by atoms with van der Waals surface area (Å²) in [7, 11) is 0. The van der Waals surface area contributed by atoms with E-state index in [1.54, 1.807) is 6.07 Å². The van der Waals surface area contributed by atoms with Crippen molar-refractivity contribution in [1.29, 1.82) is 0 Å². The quantitative estimate of drug-likeness (QED) is 0.655. The van der Waals surface area contributed by atoms with Crippen LogP contribution in [-0.4, -0.2) is 61.6 Å². The molecule has 0 unspecified atom stereocenters. The van der Waals surface area contributed by atoms with E-state index >= 15 is 0 Å². The van der Waals surface area contributed by atoms with Gasteiger partial charge in [-0.15, -0.1) is 0 Å². The van der Waals surface area contributed by atoms with Crippen LogP contribution in [0.3, 0.4) is 0 Å². The zero-order chi connectivity index (χ0) is 22.6. The third-order valence-electron chi connectivity index (χ3n) is 7.66. The van der Waals surface area contributed by atoms with Crippen LogP contribution in [-0.2, 0) is 19.7 Å². The summed E-state index contributed by atoms with van der Waals surface area (Å²) in [5, 5.41) is 5.54. The first-order valence-corrected chi connectivity index (χ1v) is 11.8.